The van der Waals surface area contributed by atoms with Gasteiger partial charge in [0, 0.05) is 5.56 Å². The Kier molecular flexibility index (Phi) is 4.37. The summed E-state index contributed by atoms with van der Waals surface area (Å²) in [6.45, 7) is 0.453. The zero-order valence-corrected chi connectivity index (χ0v) is 15.2. The van der Waals surface area contributed by atoms with Crippen LogP contribution < -0.4 is 14.2 Å². The van der Waals surface area contributed by atoms with Crippen LogP contribution in [0.25, 0.3) is 22.5 Å². The summed E-state index contributed by atoms with van der Waals surface area (Å²) in [6.07, 6.45) is 1.76. The summed E-state index contributed by atoms with van der Waals surface area (Å²) in [6, 6.07) is 11.4. The van der Waals surface area contributed by atoms with Gasteiger partial charge in [0.25, 0.3) is 5.89 Å². The van der Waals surface area contributed by atoms with Gasteiger partial charge in [-0.15, -0.1) is 0 Å². The number of hydrogen-bond donors (Lipinski definition) is 0. The van der Waals surface area contributed by atoms with E-state index in [1.807, 2.05) is 28.8 Å². The monoisotopic (exact) mass is 366 g/mol. The van der Waals surface area contributed by atoms with Crippen LogP contribution in [0.4, 0.5) is 0 Å². The maximum atomic E-state index is 5.44. The lowest BCUT2D eigenvalue weighted by atomic mass is 10.2. The SMILES string of the molecule is COc1cc(-c2nc(Cn3cnc4ccccc43)no2)cc(OC)c1OC. The highest BCUT2D eigenvalue weighted by Crippen LogP contribution is 2.40. The molecule has 0 aliphatic rings. The van der Waals surface area contributed by atoms with Gasteiger partial charge in [0.2, 0.25) is 5.75 Å². The summed E-state index contributed by atoms with van der Waals surface area (Å²) in [5.74, 6) is 2.46. The van der Waals surface area contributed by atoms with Gasteiger partial charge in [0.1, 0.15) is 0 Å². The molecule has 138 valence electrons. The molecule has 8 heteroatoms. The summed E-state index contributed by atoms with van der Waals surface area (Å²) < 4.78 is 23.5. The van der Waals surface area contributed by atoms with Crippen molar-refractivity contribution in [2.75, 3.05) is 21.3 Å². The molecule has 0 aliphatic carbocycles. The summed E-state index contributed by atoms with van der Waals surface area (Å²) in [5.41, 5.74) is 2.61. The molecule has 0 aliphatic heterocycles. The fraction of sp³-hybridized carbons (Fsp3) is 0.211. The number of rotatable bonds is 6. The van der Waals surface area contributed by atoms with Crippen LogP contribution in [0.1, 0.15) is 5.82 Å². The highest BCUT2D eigenvalue weighted by molar-refractivity contribution is 5.75. The Hall–Kier alpha value is -3.55. The third-order valence-corrected chi connectivity index (χ3v) is 4.22. The molecule has 2 aromatic heterocycles. The Labute approximate surface area is 155 Å². The fourth-order valence-electron chi connectivity index (χ4n) is 2.93. The predicted octanol–water partition coefficient (Wildman–Crippen LogP) is 3.16. The number of methoxy groups -OCH3 is 3. The standard InChI is InChI=1S/C19H18N4O4/c1-24-15-8-12(9-16(25-2)18(15)26-3)19-21-17(22-27-19)10-23-11-20-13-6-4-5-7-14(13)23/h4-9,11H,10H2,1-3H3. The van der Waals surface area contributed by atoms with Crippen LogP contribution in [0, 0.1) is 0 Å². The normalized spacial score (nSPS) is 10.9. The summed E-state index contributed by atoms with van der Waals surface area (Å²) >= 11 is 0. The second-order valence-corrected chi connectivity index (χ2v) is 5.79. The first kappa shape index (κ1) is 16.9. The number of benzene rings is 2. The van der Waals surface area contributed by atoms with E-state index in [-0.39, 0.29) is 0 Å². The molecule has 2 aromatic carbocycles. The van der Waals surface area contributed by atoms with Crippen LogP contribution in [0.15, 0.2) is 47.2 Å². The maximum absolute atomic E-state index is 5.44. The molecule has 0 spiro atoms. The van der Waals surface area contributed by atoms with Crippen molar-refractivity contribution >= 4 is 11.0 Å². The van der Waals surface area contributed by atoms with Gasteiger partial charge in [-0.1, -0.05) is 17.3 Å². The Morgan fingerprint density at radius 3 is 2.44 bits per heavy atom. The van der Waals surface area contributed by atoms with Gasteiger partial charge in [0.15, 0.2) is 17.3 Å². The minimum Gasteiger partial charge on any atom is -0.493 e. The average molecular weight is 366 g/mol. The number of nitrogens with zero attached hydrogens (tertiary/aromatic N) is 4. The van der Waals surface area contributed by atoms with Gasteiger partial charge >= 0.3 is 0 Å². The molecule has 4 rings (SSSR count). The Morgan fingerprint density at radius 2 is 1.74 bits per heavy atom. The van der Waals surface area contributed by atoms with E-state index >= 15 is 0 Å². The van der Waals surface area contributed by atoms with E-state index in [0.29, 0.717) is 41.1 Å². The van der Waals surface area contributed by atoms with E-state index in [0.717, 1.165) is 11.0 Å². The van der Waals surface area contributed by atoms with Gasteiger partial charge in [-0.2, -0.15) is 4.98 Å². The fourth-order valence-corrected chi connectivity index (χ4v) is 2.93. The molecule has 0 atom stereocenters. The molecule has 0 saturated carbocycles. The van der Waals surface area contributed by atoms with Crippen LogP contribution in [0.5, 0.6) is 17.2 Å². The minimum absolute atomic E-state index is 0.369. The quantitative estimate of drug-likeness (QED) is 0.518. The molecule has 27 heavy (non-hydrogen) atoms. The van der Waals surface area contributed by atoms with Crippen LogP contribution in [-0.2, 0) is 6.54 Å². The topological polar surface area (TPSA) is 84.4 Å². The zero-order valence-electron chi connectivity index (χ0n) is 15.2. The number of fused-ring (bicyclic) bond motifs is 1. The lowest BCUT2D eigenvalue weighted by Crippen LogP contribution is -2.00. The molecule has 0 unspecified atom stereocenters. The van der Waals surface area contributed by atoms with Crippen molar-refractivity contribution in [2.45, 2.75) is 6.54 Å². The third kappa shape index (κ3) is 3.05. The van der Waals surface area contributed by atoms with Crippen molar-refractivity contribution in [3.8, 4) is 28.7 Å². The molecule has 0 radical (unpaired) electrons. The van der Waals surface area contributed by atoms with Crippen molar-refractivity contribution in [1.82, 2.24) is 19.7 Å². The van der Waals surface area contributed by atoms with Gasteiger partial charge in [-0.3, -0.25) is 0 Å². The molecular formula is C19H18N4O4. The average Bonchev–Trinajstić information content (AvgIpc) is 3.34. The van der Waals surface area contributed by atoms with Crippen LogP contribution >= 0.6 is 0 Å². The van der Waals surface area contributed by atoms with Crippen molar-refractivity contribution in [3.63, 3.8) is 0 Å². The van der Waals surface area contributed by atoms with Crippen molar-refractivity contribution in [3.05, 3.63) is 48.5 Å². The van der Waals surface area contributed by atoms with Crippen LogP contribution in [0.2, 0.25) is 0 Å². The first-order chi connectivity index (χ1) is 13.2. The third-order valence-electron chi connectivity index (χ3n) is 4.22. The number of imidazole rings is 1. The summed E-state index contributed by atoms with van der Waals surface area (Å²) in [5, 5.41) is 4.08. The van der Waals surface area contributed by atoms with Crippen molar-refractivity contribution < 1.29 is 18.7 Å². The molecule has 0 N–H and O–H groups in total. The lowest BCUT2D eigenvalue weighted by Gasteiger charge is -2.12. The molecule has 0 bridgehead atoms. The molecular weight excluding hydrogens is 348 g/mol. The van der Waals surface area contributed by atoms with E-state index in [4.69, 9.17) is 18.7 Å². The molecule has 4 aromatic rings. The molecule has 0 fully saturated rings. The first-order valence-corrected chi connectivity index (χ1v) is 8.26. The van der Waals surface area contributed by atoms with Gasteiger partial charge in [-0.05, 0) is 24.3 Å². The van der Waals surface area contributed by atoms with Crippen molar-refractivity contribution in [1.29, 1.82) is 0 Å². The van der Waals surface area contributed by atoms with Crippen LogP contribution in [0.3, 0.4) is 0 Å². The maximum Gasteiger partial charge on any atom is 0.258 e. The Morgan fingerprint density at radius 1 is 1.00 bits per heavy atom. The number of hydrogen-bond acceptors (Lipinski definition) is 7. The second-order valence-electron chi connectivity index (χ2n) is 5.79. The van der Waals surface area contributed by atoms with E-state index < -0.39 is 0 Å². The lowest BCUT2D eigenvalue weighted by molar-refractivity contribution is 0.324. The Bertz CT molecular complexity index is 1060. The number of ether oxygens (including phenoxy) is 3. The molecule has 2 heterocycles. The number of para-hydroxylation sites is 2. The first-order valence-electron chi connectivity index (χ1n) is 8.26. The zero-order chi connectivity index (χ0) is 18.8. The van der Waals surface area contributed by atoms with Gasteiger partial charge in [-0.25, -0.2) is 4.98 Å². The summed E-state index contributed by atoms with van der Waals surface area (Å²) in [7, 11) is 4.68. The van der Waals surface area contributed by atoms with E-state index in [1.165, 1.54) is 0 Å². The van der Waals surface area contributed by atoms with Crippen LogP contribution in [-0.4, -0.2) is 41.0 Å². The molecule has 0 amide bonds. The van der Waals surface area contributed by atoms with Gasteiger partial charge < -0.3 is 23.3 Å². The van der Waals surface area contributed by atoms with E-state index in [1.54, 1.807) is 39.8 Å². The summed E-state index contributed by atoms with van der Waals surface area (Å²) in [4.78, 5) is 8.86. The highest BCUT2D eigenvalue weighted by atomic mass is 16.5. The second kappa shape index (κ2) is 6.99. The largest absolute Gasteiger partial charge is 0.493 e. The molecule has 8 nitrogen and oxygen atoms in total. The Balaban J connectivity index is 1.66. The predicted molar refractivity (Wildman–Crippen MR) is 98.2 cm³/mol. The smallest absolute Gasteiger partial charge is 0.258 e. The van der Waals surface area contributed by atoms with E-state index in [2.05, 4.69) is 15.1 Å². The number of aromatic nitrogens is 4. The molecule has 0 saturated heterocycles. The van der Waals surface area contributed by atoms with Crippen molar-refractivity contribution in [2.24, 2.45) is 0 Å². The minimum atomic E-state index is 0.369. The highest BCUT2D eigenvalue weighted by Gasteiger charge is 2.18. The van der Waals surface area contributed by atoms with Gasteiger partial charge in [0.05, 0.1) is 45.2 Å². The van der Waals surface area contributed by atoms with E-state index in [9.17, 15) is 0 Å².